The second kappa shape index (κ2) is 6.99. The average Bonchev–Trinajstić information content (AvgIpc) is 2.59. The van der Waals surface area contributed by atoms with E-state index in [1.807, 2.05) is 35.2 Å². The summed E-state index contributed by atoms with van der Waals surface area (Å²) in [5, 5.41) is 0.959. The van der Waals surface area contributed by atoms with Crippen LogP contribution in [0.15, 0.2) is 36.5 Å². The van der Waals surface area contributed by atoms with Crippen molar-refractivity contribution < 1.29 is 9.59 Å². The van der Waals surface area contributed by atoms with Gasteiger partial charge in [0.2, 0.25) is 11.8 Å². The second-order valence-corrected chi connectivity index (χ2v) is 6.52. The zero-order valence-corrected chi connectivity index (χ0v) is 14.2. The molecule has 0 saturated carbocycles. The standard InChI is InChI=1S/C19H23N3O2/c1-14-8-11-21(12-9-14)18(24)13-22(15(2)23)17-7-3-5-16-6-4-10-20-19(16)17/h3-7,10,14H,8-9,11-13H2,1-2H3. The van der Waals surface area contributed by atoms with Crippen molar-refractivity contribution in [1.29, 1.82) is 0 Å². The minimum Gasteiger partial charge on any atom is -0.341 e. The topological polar surface area (TPSA) is 53.5 Å². The van der Waals surface area contributed by atoms with E-state index in [0.29, 0.717) is 11.6 Å². The molecule has 1 fully saturated rings. The fraction of sp³-hybridized carbons (Fsp3) is 0.421. The number of para-hydroxylation sites is 1. The number of pyridine rings is 1. The second-order valence-electron chi connectivity index (χ2n) is 6.52. The van der Waals surface area contributed by atoms with Gasteiger partial charge in [-0.1, -0.05) is 25.1 Å². The molecule has 0 radical (unpaired) electrons. The Kier molecular flexibility index (Phi) is 4.79. The van der Waals surface area contributed by atoms with Crippen molar-refractivity contribution in [1.82, 2.24) is 9.88 Å². The highest BCUT2D eigenvalue weighted by molar-refractivity contribution is 6.04. The van der Waals surface area contributed by atoms with Gasteiger partial charge >= 0.3 is 0 Å². The molecule has 0 N–H and O–H groups in total. The van der Waals surface area contributed by atoms with Crippen molar-refractivity contribution >= 4 is 28.4 Å². The third-order valence-electron chi connectivity index (χ3n) is 4.71. The van der Waals surface area contributed by atoms with Gasteiger partial charge in [0.15, 0.2) is 0 Å². The maximum absolute atomic E-state index is 12.6. The molecule has 1 aliphatic rings. The molecule has 0 unspecified atom stereocenters. The van der Waals surface area contributed by atoms with Crippen molar-refractivity contribution in [3.8, 4) is 0 Å². The average molecular weight is 325 g/mol. The third kappa shape index (κ3) is 3.40. The van der Waals surface area contributed by atoms with E-state index in [4.69, 9.17) is 0 Å². The van der Waals surface area contributed by atoms with Crippen LogP contribution in [-0.2, 0) is 9.59 Å². The summed E-state index contributed by atoms with van der Waals surface area (Å²) in [6, 6.07) is 9.52. The lowest BCUT2D eigenvalue weighted by molar-refractivity contribution is -0.132. The molecule has 3 rings (SSSR count). The maximum atomic E-state index is 12.6. The number of amides is 2. The van der Waals surface area contributed by atoms with E-state index in [1.54, 1.807) is 6.20 Å². The molecule has 1 aliphatic heterocycles. The van der Waals surface area contributed by atoms with Crippen LogP contribution >= 0.6 is 0 Å². The van der Waals surface area contributed by atoms with Crippen molar-refractivity contribution in [2.24, 2.45) is 5.92 Å². The van der Waals surface area contributed by atoms with Crippen molar-refractivity contribution in [2.75, 3.05) is 24.5 Å². The molecule has 0 aliphatic carbocycles. The van der Waals surface area contributed by atoms with Crippen LogP contribution in [0.1, 0.15) is 26.7 Å². The van der Waals surface area contributed by atoms with Crippen molar-refractivity contribution in [2.45, 2.75) is 26.7 Å². The Bertz CT molecular complexity index is 746. The van der Waals surface area contributed by atoms with Crippen LogP contribution in [0.4, 0.5) is 5.69 Å². The number of rotatable bonds is 3. The van der Waals surface area contributed by atoms with Gasteiger partial charge in [0.05, 0.1) is 11.2 Å². The number of carbonyl (C=O) groups excluding carboxylic acids is 2. The van der Waals surface area contributed by atoms with Gasteiger partial charge in [0.1, 0.15) is 6.54 Å². The first-order chi connectivity index (χ1) is 11.6. The molecule has 5 nitrogen and oxygen atoms in total. The molecular formula is C19H23N3O2. The first kappa shape index (κ1) is 16.4. The summed E-state index contributed by atoms with van der Waals surface area (Å²) in [7, 11) is 0. The Morgan fingerprint density at radius 2 is 1.92 bits per heavy atom. The third-order valence-corrected chi connectivity index (χ3v) is 4.71. The van der Waals surface area contributed by atoms with E-state index in [-0.39, 0.29) is 18.4 Å². The smallest absolute Gasteiger partial charge is 0.242 e. The van der Waals surface area contributed by atoms with E-state index in [0.717, 1.165) is 36.8 Å². The number of hydrogen-bond donors (Lipinski definition) is 0. The molecule has 2 amide bonds. The Morgan fingerprint density at radius 3 is 2.62 bits per heavy atom. The molecule has 24 heavy (non-hydrogen) atoms. The first-order valence-electron chi connectivity index (χ1n) is 8.46. The minimum atomic E-state index is -0.146. The molecule has 0 bridgehead atoms. The van der Waals surface area contributed by atoms with E-state index in [2.05, 4.69) is 11.9 Å². The van der Waals surface area contributed by atoms with Gasteiger partial charge in [-0.15, -0.1) is 0 Å². The summed E-state index contributed by atoms with van der Waals surface area (Å²) in [5.41, 5.74) is 1.44. The van der Waals surface area contributed by atoms with Gasteiger partial charge < -0.3 is 9.80 Å². The monoisotopic (exact) mass is 325 g/mol. The molecule has 2 heterocycles. The number of fused-ring (bicyclic) bond motifs is 1. The lowest BCUT2D eigenvalue weighted by Gasteiger charge is -2.32. The van der Waals surface area contributed by atoms with Crippen LogP contribution in [-0.4, -0.2) is 41.3 Å². The number of carbonyl (C=O) groups is 2. The number of piperidine rings is 1. The number of benzene rings is 1. The highest BCUT2D eigenvalue weighted by Crippen LogP contribution is 2.25. The van der Waals surface area contributed by atoms with Gasteiger partial charge in [-0.05, 0) is 30.9 Å². The van der Waals surface area contributed by atoms with E-state index >= 15 is 0 Å². The van der Waals surface area contributed by atoms with Crippen LogP contribution in [0.25, 0.3) is 10.9 Å². The molecule has 5 heteroatoms. The van der Waals surface area contributed by atoms with Gasteiger partial charge in [-0.2, -0.15) is 0 Å². The highest BCUT2D eigenvalue weighted by Gasteiger charge is 2.24. The lowest BCUT2D eigenvalue weighted by atomic mass is 9.99. The fourth-order valence-electron chi connectivity index (χ4n) is 3.17. The molecule has 1 saturated heterocycles. The maximum Gasteiger partial charge on any atom is 0.242 e. The zero-order chi connectivity index (χ0) is 17.1. The van der Waals surface area contributed by atoms with Crippen LogP contribution in [0.3, 0.4) is 0 Å². The van der Waals surface area contributed by atoms with Crippen molar-refractivity contribution in [3.63, 3.8) is 0 Å². The van der Waals surface area contributed by atoms with Crippen LogP contribution in [0, 0.1) is 5.92 Å². The predicted octanol–water partition coefficient (Wildman–Crippen LogP) is 2.85. The molecule has 1 aromatic carbocycles. The number of nitrogens with zero attached hydrogens (tertiary/aromatic N) is 3. The van der Waals surface area contributed by atoms with Gasteiger partial charge in [0, 0.05) is 31.6 Å². The van der Waals surface area contributed by atoms with Crippen LogP contribution < -0.4 is 4.90 Å². The Morgan fingerprint density at radius 1 is 1.21 bits per heavy atom. The molecular weight excluding hydrogens is 302 g/mol. The summed E-state index contributed by atoms with van der Waals surface area (Å²) >= 11 is 0. The summed E-state index contributed by atoms with van der Waals surface area (Å²) < 4.78 is 0. The first-order valence-corrected chi connectivity index (χ1v) is 8.46. The summed E-state index contributed by atoms with van der Waals surface area (Å²) in [6.07, 6.45) is 3.77. The van der Waals surface area contributed by atoms with Gasteiger partial charge in [0.25, 0.3) is 0 Å². The number of hydrogen-bond acceptors (Lipinski definition) is 3. The van der Waals surface area contributed by atoms with Gasteiger partial charge in [-0.3, -0.25) is 14.6 Å². The van der Waals surface area contributed by atoms with Crippen LogP contribution in [0.2, 0.25) is 0 Å². The summed E-state index contributed by atoms with van der Waals surface area (Å²) in [4.78, 5) is 32.6. The number of aromatic nitrogens is 1. The molecule has 2 aromatic rings. The normalized spacial score (nSPS) is 15.5. The Balaban J connectivity index is 1.84. The van der Waals surface area contributed by atoms with E-state index in [1.165, 1.54) is 11.8 Å². The van der Waals surface area contributed by atoms with E-state index in [9.17, 15) is 9.59 Å². The number of likely N-dealkylation sites (tertiary alicyclic amines) is 1. The van der Waals surface area contributed by atoms with Crippen molar-refractivity contribution in [3.05, 3.63) is 36.5 Å². The van der Waals surface area contributed by atoms with Gasteiger partial charge in [-0.25, -0.2) is 0 Å². The molecule has 1 aromatic heterocycles. The summed E-state index contributed by atoms with van der Waals surface area (Å²) in [5.74, 6) is 0.525. The molecule has 0 atom stereocenters. The van der Waals surface area contributed by atoms with E-state index < -0.39 is 0 Å². The number of anilines is 1. The summed E-state index contributed by atoms with van der Waals surface area (Å²) in [6.45, 7) is 5.33. The molecule has 0 spiro atoms. The van der Waals surface area contributed by atoms with Crippen LogP contribution in [0.5, 0.6) is 0 Å². The quantitative estimate of drug-likeness (QED) is 0.872. The largest absolute Gasteiger partial charge is 0.341 e. The highest BCUT2D eigenvalue weighted by atomic mass is 16.2. The Hall–Kier alpha value is -2.43. The fourth-order valence-corrected chi connectivity index (χ4v) is 3.17. The minimum absolute atomic E-state index is 0.00466. The SMILES string of the molecule is CC(=O)N(CC(=O)N1CCC(C)CC1)c1cccc2cccnc12. The zero-order valence-electron chi connectivity index (χ0n) is 14.2. The predicted molar refractivity (Wildman–Crippen MR) is 94.7 cm³/mol. The lowest BCUT2D eigenvalue weighted by Crippen LogP contribution is -2.45. The Labute approximate surface area is 142 Å². The molecule has 126 valence electrons.